The zero-order valence-corrected chi connectivity index (χ0v) is 15.0. The number of ether oxygens (including phenoxy) is 2. The summed E-state index contributed by atoms with van der Waals surface area (Å²) in [7, 11) is 1.30. The fourth-order valence-corrected chi connectivity index (χ4v) is 2.23. The van der Waals surface area contributed by atoms with Crippen molar-refractivity contribution in [3.8, 4) is 11.5 Å². The molecular weight excluding hydrogens is 377 g/mol. The molecule has 0 aliphatic heterocycles. The van der Waals surface area contributed by atoms with Crippen LogP contribution >= 0.6 is 0 Å². The van der Waals surface area contributed by atoms with E-state index < -0.39 is 24.2 Å². The minimum absolute atomic E-state index is 0.0614. The minimum Gasteiger partial charge on any atom is -0.493 e. The van der Waals surface area contributed by atoms with Crippen LogP contribution in [0.1, 0.15) is 12.5 Å². The summed E-state index contributed by atoms with van der Waals surface area (Å²) in [5.74, 6) is -1.65. The van der Waals surface area contributed by atoms with Gasteiger partial charge in [0.05, 0.1) is 12.8 Å². The standard InChI is InChI=1S/C19H17F3N2O4/c1-11(25)23-15-10-13(5-6-14(15)20)24-18(26)8-4-12-3-7-16(28-19(21)22)17(9-12)27-2/h3-10,19H,1-2H3,(H,23,25)(H,24,26)/b8-4+. The van der Waals surface area contributed by atoms with Crippen molar-refractivity contribution in [3.63, 3.8) is 0 Å². The Morgan fingerprint density at radius 3 is 2.46 bits per heavy atom. The van der Waals surface area contributed by atoms with Crippen LogP contribution in [0.2, 0.25) is 0 Å². The average molecular weight is 394 g/mol. The lowest BCUT2D eigenvalue weighted by molar-refractivity contribution is -0.114. The van der Waals surface area contributed by atoms with Crippen LogP contribution < -0.4 is 20.1 Å². The van der Waals surface area contributed by atoms with Gasteiger partial charge >= 0.3 is 6.61 Å². The number of halogens is 3. The summed E-state index contributed by atoms with van der Waals surface area (Å²) in [5, 5.41) is 4.83. The molecule has 0 fully saturated rings. The first kappa shape index (κ1) is 20.8. The second kappa shape index (κ2) is 9.45. The summed E-state index contributed by atoms with van der Waals surface area (Å²) in [4.78, 5) is 23.1. The summed E-state index contributed by atoms with van der Waals surface area (Å²) in [6, 6.07) is 7.92. The number of rotatable bonds is 7. The zero-order valence-electron chi connectivity index (χ0n) is 15.0. The summed E-state index contributed by atoms with van der Waals surface area (Å²) >= 11 is 0. The first-order valence-corrected chi connectivity index (χ1v) is 7.97. The molecule has 0 unspecified atom stereocenters. The maximum Gasteiger partial charge on any atom is 0.387 e. The van der Waals surface area contributed by atoms with Crippen LogP contribution in [0.25, 0.3) is 6.08 Å². The molecule has 2 aromatic rings. The van der Waals surface area contributed by atoms with Crippen molar-refractivity contribution in [2.75, 3.05) is 17.7 Å². The molecule has 0 atom stereocenters. The van der Waals surface area contributed by atoms with Gasteiger partial charge < -0.3 is 20.1 Å². The van der Waals surface area contributed by atoms with E-state index in [1.807, 2.05) is 0 Å². The van der Waals surface area contributed by atoms with Crippen molar-refractivity contribution in [2.45, 2.75) is 13.5 Å². The first-order chi connectivity index (χ1) is 13.3. The van der Waals surface area contributed by atoms with Crippen LogP contribution in [0.4, 0.5) is 24.5 Å². The van der Waals surface area contributed by atoms with E-state index in [-0.39, 0.29) is 22.9 Å². The van der Waals surface area contributed by atoms with Gasteiger partial charge in [0, 0.05) is 18.7 Å². The number of amides is 2. The molecule has 0 saturated carbocycles. The Morgan fingerprint density at radius 2 is 1.82 bits per heavy atom. The molecule has 9 heteroatoms. The first-order valence-electron chi connectivity index (χ1n) is 7.97. The fourth-order valence-electron chi connectivity index (χ4n) is 2.23. The van der Waals surface area contributed by atoms with E-state index in [2.05, 4.69) is 15.4 Å². The van der Waals surface area contributed by atoms with Gasteiger partial charge in [-0.15, -0.1) is 0 Å². The highest BCUT2D eigenvalue weighted by Crippen LogP contribution is 2.29. The Balaban J connectivity index is 2.08. The predicted molar refractivity (Wildman–Crippen MR) is 98.0 cm³/mol. The van der Waals surface area contributed by atoms with Gasteiger partial charge in [-0.1, -0.05) is 6.07 Å². The van der Waals surface area contributed by atoms with Crippen molar-refractivity contribution in [1.82, 2.24) is 0 Å². The predicted octanol–water partition coefficient (Wildman–Crippen LogP) is 4.05. The highest BCUT2D eigenvalue weighted by Gasteiger charge is 2.11. The monoisotopic (exact) mass is 394 g/mol. The van der Waals surface area contributed by atoms with E-state index in [4.69, 9.17) is 4.74 Å². The lowest BCUT2D eigenvalue weighted by Gasteiger charge is -2.10. The number of alkyl halides is 2. The minimum atomic E-state index is -2.99. The number of anilines is 2. The third kappa shape index (κ3) is 6.04. The summed E-state index contributed by atoms with van der Waals surface area (Å²) in [6.45, 7) is -1.75. The van der Waals surface area contributed by atoms with E-state index in [0.29, 0.717) is 5.56 Å². The maximum atomic E-state index is 13.6. The Labute approximate surface area is 158 Å². The quantitative estimate of drug-likeness (QED) is 0.695. The molecule has 28 heavy (non-hydrogen) atoms. The molecule has 0 radical (unpaired) electrons. The molecule has 0 heterocycles. The van der Waals surface area contributed by atoms with Gasteiger partial charge in [-0.05, 0) is 42.0 Å². The Kier molecular flexibility index (Phi) is 7.02. The average Bonchev–Trinajstić information content (AvgIpc) is 2.62. The third-order valence-corrected chi connectivity index (χ3v) is 3.38. The largest absolute Gasteiger partial charge is 0.493 e. The zero-order chi connectivity index (χ0) is 20.7. The second-order valence-corrected chi connectivity index (χ2v) is 5.49. The number of nitrogens with one attached hydrogen (secondary N) is 2. The number of hydrogen-bond donors (Lipinski definition) is 2. The summed E-state index contributed by atoms with van der Waals surface area (Å²) in [5.41, 5.74) is 0.721. The second-order valence-electron chi connectivity index (χ2n) is 5.49. The molecule has 148 valence electrons. The van der Waals surface area contributed by atoms with Gasteiger partial charge in [0.2, 0.25) is 11.8 Å². The lowest BCUT2D eigenvalue weighted by atomic mass is 10.2. The molecule has 0 aromatic heterocycles. The maximum absolute atomic E-state index is 13.6. The molecule has 2 amide bonds. The molecule has 0 aliphatic carbocycles. The summed E-state index contributed by atoms with van der Waals surface area (Å²) in [6.07, 6.45) is 2.63. The highest BCUT2D eigenvalue weighted by molar-refractivity contribution is 6.02. The molecule has 0 saturated heterocycles. The van der Waals surface area contributed by atoms with Crippen LogP contribution in [-0.2, 0) is 9.59 Å². The molecule has 2 aromatic carbocycles. The smallest absolute Gasteiger partial charge is 0.387 e. The normalized spacial score (nSPS) is 10.8. The van der Waals surface area contributed by atoms with E-state index in [0.717, 1.165) is 6.07 Å². The van der Waals surface area contributed by atoms with Crippen molar-refractivity contribution in [3.05, 3.63) is 53.9 Å². The number of methoxy groups -OCH3 is 1. The fraction of sp³-hybridized carbons (Fsp3) is 0.158. The van der Waals surface area contributed by atoms with Crippen LogP contribution in [0.3, 0.4) is 0 Å². The molecule has 2 N–H and O–H groups in total. The van der Waals surface area contributed by atoms with Crippen molar-refractivity contribution < 1.29 is 32.2 Å². The number of carbonyl (C=O) groups excluding carboxylic acids is 2. The van der Waals surface area contributed by atoms with E-state index >= 15 is 0 Å². The molecule has 2 rings (SSSR count). The highest BCUT2D eigenvalue weighted by atomic mass is 19.3. The van der Waals surface area contributed by atoms with Gasteiger partial charge in [-0.2, -0.15) is 8.78 Å². The van der Waals surface area contributed by atoms with Crippen LogP contribution in [0.5, 0.6) is 11.5 Å². The SMILES string of the molecule is COc1cc(/C=C/C(=O)Nc2ccc(F)c(NC(C)=O)c2)ccc1OC(F)F. The van der Waals surface area contributed by atoms with Gasteiger partial charge in [0.15, 0.2) is 11.5 Å². The lowest BCUT2D eigenvalue weighted by Crippen LogP contribution is -2.10. The van der Waals surface area contributed by atoms with Gasteiger partial charge in [-0.3, -0.25) is 9.59 Å². The Bertz CT molecular complexity index is 901. The molecule has 6 nitrogen and oxygen atoms in total. The Morgan fingerprint density at radius 1 is 1.07 bits per heavy atom. The molecular formula is C19H17F3N2O4. The summed E-state index contributed by atoms with van der Waals surface area (Å²) < 4.78 is 47.6. The molecule has 0 bridgehead atoms. The van der Waals surface area contributed by atoms with E-state index in [1.165, 1.54) is 56.5 Å². The van der Waals surface area contributed by atoms with Crippen molar-refractivity contribution in [1.29, 1.82) is 0 Å². The number of hydrogen-bond acceptors (Lipinski definition) is 4. The number of benzene rings is 2. The molecule has 0 aliphatic rings. The third-order valence-electron chi connectivity index (χ3n) is 3.38. The van der Waals surface area contributed by atoms with Gasteiger partial charge in [0.25, 0.3) is 0 Å². The van der Waals surface area contributed by atoms with Crippen LogP contribution in [0, 0.1) is 5.82 Å². The van der Waals surface area contributed by atoms with E-state index in [1.54, 1.807) is 0 Å². The van der Waals surface area contributed by atoms with Crippen molar-refractivity contribution >= 4 is 29.3 Å². The Hall–Kier alpha value is -3.49. The topological polar surface area (TPSA) is 76.7 Å². The van der Waals surface area contributed by atoms with Crippen LogP contribution in [0.15, 0.2) is 42.5 Å². The van der Waals surface area contributed by atoms with E-state index in [9.17, 15) is 22.8 Å². The molecule has 0 spiro atoms. The van der Waals surface area contributed by atoms with Crippen molar-refractivity contribution in [2.24, 2.45) is 0 Å². The van der Waals surface area contributed by atoms with Gasteiger partial charge in [0.1, 0.15) is 5.82 Å². The van der Waals surface area contributed by atoms with Gasteiger partial charge in [-0.25, -0.2) is 4.39 Å². The van der Waals surface area contributed by atoms with Crippen LogP contribution in [-0.4, -0.2) is 25.5 Å². The number of carbonyl (C=O) groups is 2.